The third-order valence-electron chi connectivity index (χ3n) is 3.75. The van der Waals surface area contributed by atoms with Crippen LogP contribution in [0.2, 0.25) is 5.02 Å². The second kappa shape index (κ2) is 6.40. The fourth-order valence-electron chi connectivity index (χ4n) is 2.59. The Morgan fingerprint density at radius 1 is 1.42 bits per heavy atom. The minimum atomic E-state index is 0.0629. The number of nitrogens with one attached hydrogen (secondary N) is 1. The van der Waals surface area contributed by atoms with E-state index in [-0.39, 0.29) is 5.91 Å². The van der Waals surface area contributed by atoms with Crippen LogP contribution in [0.1, 0.15) is 28.8 Å². The Hall–Kier alpha value is -1.06. The number of aryl methyl sites for hydroxylation is 1. The second-order valence-electron chi connectivity index (χ2n) is 5.28. The van der Waals surface area contributed by atoms with Crippen molar-refractivity contribution in [2.75, 3.05) is 26.7 Å². The summed E-state index contributed by atoms with van der Waals surface area (Å²) < 4.78 is 0. The van der Waals surface area contributed by atoms with Crippen LogP contribution in [-0.4, -0.2) is 37.5 Å². The minimum Gasteiger partial charge on any atom is -0.339 e. The van der Waals surface area contributed by atoms with E-state index in [2.05, 4.69) is 5.32 Å². The van der Waals surface area contributed by atoms with Gasteiger partial charge in [-0.3, -0.25) is 4.79 Å². The van der Waals surface area contributed by atoms with E-state index in [1.165, 1.54) is 0 Å². The molecule has 1 aliphatic heterocycles. The Morgan fingerprint density at radius 3 is 2.68 bits per heavy atom. The summed E-state index contributed by atoms with van der Waals surface area (Å²) in [6.45, 7) is 4.67. The van der Waals surface area contributed by atoms with Crippen LogP contribution >= 0.6 is 11.6 Å². The van der Waals surface area contributed by atoms with Gasteiger partial charge in [-0.2, -0.15) is 0 Å². The van der Waals surface area contributed by atoms with Crippen LogP contribution in [-0.2, 0) is 0 Å². The van der Waals surface area contributed by atoms with Gasteiger partial charge in [-0.25, -0.2) is 0 Å². The standard InChI is InChI=1S/C15H21ClN2O/c1-11-3-4-13(14(16)9-11)15(19)18-7-5-12(6-8-18)10-17-2/h3-4,9,12,17H,5-8,10H2,1-2H3. The Labute approximate surface area is 119 Å². The van der Waals surface area contributed by atoms with E-state index in [9.17, 15) is 4.79 Å². The van der Waals surface area contributed by atoms with Crippen LogP contribution < -0.4 is 5.32 Å². The minimum absolute atomic E-state index is 0.0629. The predicted octanol–water partition coefficient (Wildman–Crippen LogP) is 2.72. The number of carbonyl (C=O) groups excluding carboxylic acids is 1. The first-order chi connectivity index (χ1) is 9.11. The van der Waals surface area contributed by atoms with Crippen molar-refractivity contribution >= 4 is 17.5 Å². The molecule has 1 heterocycles. The number of benzene rings is 1. The number of hydrogen-bond acceptors (Lipinski definition) is 2. The summed E-state index contributed by atoms with van der Waals surface area (Å²) in [7, 11) is 1.98. The van der Waals surface area contributed by atoms with E-state index in [1.54, 1.807) is 0 Å². The molecule has 0 atom stereocenters. The Kier molecular flexibility index (Phi) is 4.83. The first kappa shape index (κ1) is 14.4. The molecule has 0 aromatic heterocycles. The number of nitrogens with zero attached hydrogens (tertiary/aromatic N) is 1. The number of likely N-dealkylation sites (tertiary alicyclic amines) is 1. The predicted molar refractivity (Wildman–Crippen MR) is 78.7 cm³/mol. The van der Waals surface area contributed by atoms with E-state index in [4.69, 9.17) is 11.6 Å². The maximum Gasteiger partial charge on any atom is 0.255 e. The molecule has 3 nitrogen and oxygen atoms in total. The summed E-state index contributed by atoms with van der Waals surface area (Å²) in [4.78, 5) is 14.3. The summed E-state index contributed by atoms with van der Waals surface area (Å²) in [5.41, 5.74) is 1.70. The first-order valence-electron chi connectivity index (χ1n) is 6.82. The molecule has 1 aromatic carbocycles. The molecule has 0 aliphatic carbocycles. The zero-order valence-electron chi connectivity index (χ0n) is 11.6. The molecular weight excluding hydrogens is 260 g/mol. The number of amides is 1. The highest BCUT2D eigenvalue weighted by Gasteiger charge is 2.24. The van der Waals surface area contributed by atoms with Crippen LogP contribution in [0.15, 0.2) is 18.2 Å². The van der Waals surface area contributed by atoms with Crippen molar-refractivity contribution in [1.29, 1.82) is 0 Å². The maximum atomic E-state index is 12.4. The van der Waals surface area contributed by atoms with Gasteiger partial charge in [0.2, 0.25) is 0 Å². The molecule has 0 radical (unpaired) electrons. The highest BCUT2D eigenvalue weighted by Crippen LogP contribution is 2.23. The smallest absolute Gasteiger partial charge is 0.255 e. The van der Waals surface area contributed by atoms with Crippen LogP contribution in [0, 0.1) is 12.8 Å². The van der Waals surface area contributed by atoms with Crippen LogP contribution in [0.3, 0.4) is 0 Å². The maximum absolute atomic E-state index is 12.4. The van der Waals surface area contributed by atoms with Crippen molar-refractivity contribution in [2.45, 2.75) is 19.8 Å². The molecule has 1 aliphatic rings. The van der Waals surface area contributed by atoms with Gasteiger partial charge in [0, 0.05) is 13.1 Å². The average molecular weight is 281 g/mol. The lowest BCUT2D eigenvalue weighted by Crippen LogP contribution is -2.40. The molecule has 0 spiro atoms. The molecule has 1 amide bonds. The molecule has 0 bridgehead atoms. The number of halogens is 1. The van der Waals surface area contributed by atoms with E-state index in [0.29, 0.717) is 16.5 Å². The average Bonchev–Trinajstić information content (AvgIpc) is 2.39. The summed E-state index contributed by atoms with van der Waals surface area (Å²) in [5.74, 6) is 0.746. The van der Waals surface area contributed by atoms with Crippen LogP contribution in [0.5, 0.6) is 0 Å². The summed E-state index contributed by atoms with van der Waals surface area (Å²) in [6, 6.07) is 5.62. The van der Waals surface area contributed by atoms with Crippen molar-refractivity contribution in [3.8, 4) is 0 Å². The number of piperidine rings is 1. The van der Waals surface area contributed by atoms with E-state index < -0.39 is 0 Å². The zero-order chi connectivity index (χ0) is 13.8. The molecule has 19 heavy (non-hydrogen) atoms. The van der Waals surface area contributed by atoms with Crippen molar-refractivity contribution in [3.05, 3.63) is 34.3 Å². The van der Waals surface area contributed by atoms with Crippen molar-refractivity contribution in [1.82, 2.24) is 10.2 Å². The quantitative estimate of drug-likeness (QED) is 0.923. The normalized spacial score (nSPS) is 16.7. The molecule has 1 N–H and O–H groups in total. The van der Waals surface area contributed by atoms with Crippen molar-refractivity contribution < 1.29 is 4.79 Å². The fraction of sp³-hybridized carbons (Fsp3) is 0.533. The molecule has 2 rings (SSSR count). The molecule has 1 saturated heterocycles. The third kappa shape index (κ3) is 3.48. The summed E-state index contributed by atoms with van der Waals surface area (Å²) in [5, 5.41) is 3.76. The zero-order valence-corrected chi connectivity index (χ0v) is 12.3. The lowest BCUT2D eigenvalue weighted by molar-refractivity contribution is 0.0691. The largest absolute Gasteiger partial charge is 0.339 e. The second-order valence-corrected chi connectivity index (χ2v) is 5.68. The highest BCUT2D eigenvalue weighted by molar-refractivity contribution is 6.33. The Bertz CT molecular complexity index is 453. The highest BCUT2D eigenvalue weighted by atomic mass is 35.5. The Balaban J connectivity index is 2.01. The van der Waals surface area contributed by atoms with Gasteiger partial charge in [-0.1, -0.05) is 17.7 Å². The third-order valence-corrected chi connectivity index (χ3v) is 4.06. The molecule has 4 heteroatoms. The first-order valence-corrected chi connectivity index (χ1v) is 7.19. The molecule has 104 valence electrons. The topological polar surface area (TPSA) is 32.3 Å². The van der Waals surface area contributed by atoms with Gasteiger partial charge in [-0.05, 0) is 57.0 Å². The SMILES string of the molecule is CNCC1CCN(C(=O)c2ccc(C)cc2Cl)CC1. The van der Waals surface area contributed by atoms with E-state index in [0.717, 1.165) is 38.0 Å². The number of carbonyl (C=O) groups is 1. The molecule has 1 fully saturated rings. The van der Waals surface area contributed by atoms with Gasteiger partial charge in [0.25, 0.3) is 5.91 Å². The van der Waals surface area contributed by atoms with Crippen LogP contribution in [0.4, 0.5) is 0 Å². The van der Waals surface area contributed by atoms with Gasteiger partial charge >= 0.3 is 0 Å². The fourth-order valence-corrected chi connectivity index (χ4v) is 2.91. The molecule has 0 saturated carbocycles. The van der Waals surface area contributed by atoms with Crippen LogP contribution in [0.25, 0.3) is 0 Å². The van der Waals surface area contributed by atoms with E-state index in [1.807, 2.05) is 37.1 Å². The lowest BCUT2D eigenvalue weighted by atomic mass is 9.96. The van der Waals surface area contributed by atoms with Gasteiger partial charge in [0.15, 0.2) is 0 Å². The monoisotopic (exact) mass is 280 g/mol. The summed E-state index contributed by atoms with van der Waals surface area (Å²) in [6.07, 6.45) is 2.13. The van der Waals surface area contributed by atoms with Gasteiger partial charge in [-0.15, -0.1) is 0 Å². The lowest BCUT2D eigenvalue weighted by Gasteiger charge is -2.32. The van der Waals surface area contributed by atoms with Gasteiger partial charge < -0.3 is 10.2 Å². The van der Waals surface area contributed by atoms with Gasteiger partial charge in [0.1, 0.15) is 0 Å². The van der Waals surface area contributed by atoms with Crippen molar-refractivity contribution in [3.63, 3.8) is 0 Å². The Morgan fingerprint density at radius 2 is 2.11 bits per heavy atom. The summed E-state index contributed by atoms with van der Waals surface area (Å²) >= 11 is 6.16. The molecule has 0 unspecified atom stereocenters. The van der Waals surface area contributed by atoms with Gasteiger partial charge in [0.05, 0.1) is 10.6 Å². The molecule has 1 aromatic rings. The molecular formula is C15H21ClN2O. The number of hydrogen-bond donors (Lipinski definition) is 1. The number of rotatable bonds is 3. The van der Waals surface area contributed by atoms with E-state index >= 15 is 0 Å². The van der Waals surface area contributed by atoms with Crippen molar-refractivity contribution in [2.24, 2.45) is 5.92 Å².